The van der Waals surface area contributed by atoms with Gasteiger partial charge in [0.25, 0.3) is 5.78 Å². The molecular weight excluding hydrogens is 348 g/mol. The Labute approximate surface area is 156 Å². The molecule has 0 aliphatic carbocycles. The van der Waals surface area contributed by atoms with Crippen LogP contribution in [-0.2, 0) is 16.1 Å². The molecule has 3 aromatic heterocycles. The molecule has 0 unspecified atom stereocenters. The van der Waals surface area contributed by atoms with Crippen molar-refractivity contribution < 1.29 is 9.53 Å². The number of aryl methyl sites for hydroxylation is 1. The summed E-state index contributed by atoms with van der Waals surface area (Å²) in [6.07, 6.45) is 5.18. The van der Waals surface area contributed by atoms with Gasteiger partial charge in [-0.1, -0.05) is 0 Å². The van der Waals surface area contributed by atoms with Crippen LogP contribution >= 0.6 is 0 Å². The first-order valence-corrected chi connectivity index (χ1v) is 8.74. The molecule has 0 saturated carbocycles. The molecule has 0 spiro atoms. The van der Waals surface area contributed by atoms with Gasteiger partial charge in [-0.2, -0.15) is 14.6 Å². The van der Waals surface area contributed by atoms with E-state index in [0.717, 1.165) is 17.2 Å². The SMILES string of the molecule is Cc1cc(N2Cc3cncn3[C@@H](COCC(=O)N(C)C)C2)n2ncnc2n1. The largest absolute Gasteiger partial charge is 0.369 e. The van der Waals surface area contributed by atoms with E-state index in [4.69, 9.17) is 4.74 Å². The maximum atomic E-state index is 11.8. The molecule has 1 amide bonds. The van der Waals surface area contributed by atoms with Crippen LogP contribution in [0.1, 0.15) is 17.4 Å². The fourth-order valence-electron chi connectivity index (χ4n) is 3.24. The van der Waals surface area contributed by atoms with Gasteiger partial charge in [0, 0.05) is 38.6 Å². The van der Waals surface area contributed by atoms with Crippen LogP contribution in [-0.4, -0.2) is 73.8 Å². The molecular formula is C17H22N8O2. The van der Waals surface area contributed by atoms with Crippen molar-refractivity contribution in [3.8, 4) is 0 Å². The lowest BCUT2D eigenvalue weighted by Gasteiger charge is -2.35. The molecule has 4 heterocycles. The fourth-order valence-corrected chi connectivity index (χ4v) is 3.24. The molecule has 142 valence electrons. The van der Waals surface area contributed by atoms with Crippen molar-refractivity contribution in [3.63, 3.8) is 0 Å². The van der Waals surface area contributed by atoms with Crippen LogP contribution in [0.15, 0.2) is 24.9 Å². The van der Waals surface area contributed by atoms with Crippen LogP contribution in [0.4, 0.5) is 5.82 Å². The minimum absolute atomic E-state index is 0.0401. The summed E-state index contributed by atoms with van der Waals surface area (Å²) in [6, 6.07) is 2.04. The maximum absolute atomic E-state index is 11.8. The van der Waals surface area contributed by atoms with Gasteiger partial charge in [0.05, 0.1) is 31.2 Å². The van der Waals surface area contributed by atoms with E-state index < -0.39 is 0 Å². The van der Waals surface area contributed by atoms with Gasteiger partial charge in [0.1, 0.15) is 18.8 Å². The Bertz CT molecular complexity index is 963. The Balaban J connectivity index is 1.57. The van der Waals surface area contributed by atoms with E-state index in [1.807, 2.05) is 25.5 Å². The first-order valence-electron chi connectivity index (χ1n) is 8.74. The number of amides is 1. The van der Waals surface area contributed by atoms with Gasteiger partial charge in [-0.25, -0.2) is 9.97 Å². The third-order valence-electron chi connectivity index (χ3n) is 4.64. The molecule has 0 radical (unpaired) electrons. The molecule has 3 aromatic rings. The van der Waals surface area contributed by atoms with Crippen molar-refractivity contribution in [2.45, 2.75) is 19.5 Å². The number of hydrogen-bond donors (Lipinski definition) is 0. The lowest BCUT2D eigenvalue weighted by Crippen LogP contribution is -2.40. The smallest absolute Gasteiger partial charge is 0.254 e. The summed E-state index contributed by atoms with van der Waals surface area (Å²) in [5.41, 5.74) is 1.96. The Morgan fingerprint density at radius 3 is 3.07 bits per heavy atom. The van der Waals surface area contributed by atoms with Gasteiger partial charge in [-0.15, -0.1) is 0 Å². The van der Waals surface area contributed by atoms with Crippen molar-refractivity contribution in [1.82, 2.24) is 34.0 Å². The second kappa shape index (κ2) is 6.95. The number of fused-ring (bicyclic) bond motifs is 2. The van der Waals surface area contributed by atoms with Gasteiger partial charge < -0.3 is 19.1 Å². The number of nitrogens with zero attached hydrogens (tertiary/aromatic N) is 8. The predicted octanol–water partition coefficient (Wildman–Crippen LogP) is 0.295. The van der Waals surface area contributed by atoms with E-state index in [2.05, 4.69) is 29.5 Å². The highest BCUT2D eigenvalue weighted by atomic mass is 16.5. The van der Waals surface area contributed by atoms with Gasteiger partial charge >= 0.3 is 0 Å². The van der Waals surface area contributed by atoms with Crippen LogP contribution < -0.4 is 4.90 Å². The van der Waals surface area contributed by atoms with Crippen LogP contribution in [0, 0.1) is 6.92 Å². The van der Waals surface area contributed by atoms with E-state index in [1.54, 1.807) is 18.6 Å². The normalized spacial score (nSPS) is 16.6. The Morgan fingerprint density at radius 1 is 1.41 bits per heavy atom. The number of anilines is 1. The lowest BCUT2D eigenvalue weighted by molar-refractivity contribution is -0.133. The molecule has 27 heavy (non-hydrogen) atoms. The number of aromatic nitrogens is 6. The summed E-state index contributed by atoms with van der Waals surface area (Å²) >= 11 is 0. The standard InChI is InChI=1S/C17H22N8O2/c1-12-4-15(25-17(21-12)19-10-20-25)23-6-13-5-18-11-24(13)14(7-23)8-27-9-16(26)22(2)3/h4-5,10-11,14H,6-9H2,1-3H3/t14-/m1/s1. The average Bonchev–Trinajstić information content (AvgIpc) is 3.29. The molecule has 10 heteroatoms. The van der Waals surface area contributed by atoms with Gasteiger partial charge in [0.15, 0.2) is 0 Å². The van der Waals surface area contributed by atoms with Crippen molar-refractivity contribution in [2.24, 2.45) is 0 Å². The number of imidazole rings is 1. The number of carbonyl (C=O) groups is 1. The topological polar surface area (TPSA) is 93.7 Å². The Morgan fingerprint density at radius 2 is 2.26 bits per heavy atom. The van der Waals surface area contributed by atoms with E-state index in [-0.39, 0.29) is 18.6 Å². The van der Waals surface area contributed by atoms with E-state index >= 15 is 0 Å². The summed E-state index contributed by atoms with van der Waals surface area (Å²) in [5, 5.41) is 4.31. The maximum Gasteiger partial charge on any atom is 0.254 e. The Hall–Kier alpha value is -3.01. The highest BCUT2D eigenvalue weighted by Gasteiger charge is 2.27. The van der Waals surface area contributed by atoms with E-state index in [9.17, 15) is 4.79 Å². The number of ether oxygens (including phenoxy) is 1. The molecule has 0 fully saturated rings. The molecule has 0 aromatic carbocycles. The van der Waals surface area contributed by atoms with Crippen molar-refractivity contribution >= 4 is 17.5 Å². The molecule has 4 rings (SSSR count). The summed E-state index contributed by atoms with van der Waals surface area (Å²) in [6.45, 7) is 3.84. The lowest BCUT2D eigenvalue weighted by atomic mass is 10.2. The zero-order valence-corrected chi connectivity index (χ0v) is 15.6. The van der Waals surface area contributed by atoms with Crippen LogP contribution in [0.2, 0.25) is 0 Å². The molecule has 0 bridgehead atoms. The first kappa shape index (κ1) is 17.4. The van der Waals surface area contributed by atoms with E-state index in [0.29, 0.717) is 25.5 Å². The van der Waals surface area contributed by atoms with E-state index in [1.165, 1.54) is 11.2 Å². The molecule has 0 N–H and O–H groups in total. The van der Waals surface area contributed by atoms with Crippen LogP contribution in [0.5, 0.6) is 0 Å². The molecule has 1 atom stereocenters. The fraction of sp³-hybridized carbons (Fsp3) is 0.471. The summed E-state index contributed by atoms with van der Waals surface area (Å²) in [4.78, 5) is 28.4. The summed E-state index contributed by atoms with van der Waals surface area (Å²) in [7, 11) is 3.44. The third kappa shape index (κ3) is 3.35. The average molecular weight is 370 g/mol. The van der Waals surface area contributed by atoms with Crippen molar-refractivity contribution in [2.75, 3.05) is 38.8 Å². The number of hydrogen-bond acceptors (Lipinski definition) is 7. The highest BCUT2D eigenvalue weighted by molar-refractivity contribution is 5.76. The van der Waals surface area contributed by atoms with Gasteiger partial charge in [0.2, 0.25) is 5.91 Å². The summed E-state index contributed by atoms with van der Waals surface area (Å²) in [5.74, 6) is 1.45. The summed E-state index contributed by atoms with van der Waals surface area (Å²) < 4.78 is 9.55. The third-order valence-corrected chi connectivity index (χ3v) is 4.64. The minimum Gasteiger partial charge on any atom is -0.369 e. The predicted molar refractivity (Wildman–Crippen MR) is 97.3 cm³/mol. The quantitative estimate of drug-likeness (QED) is 0.637. The molecule has 0 saturated heterocycles. The molecule has 10 nitrogen and oxygen atoms in total. The van der Waals surface area contributed by atoms with Crippen LogP contribution in [0.25, 0.3) is 5.78 Å². The number of carbonyl (C=O) groups excluding carboxylic acids is 1. The Kier molecular flexibility index (Phi) is 4.48. The zero-order chi connectivity index (χ0) is 19.0. The molecule has 1 aliphatic heterocycles. The number of rotatable bonds is 5. The van der Waals surface area contributed by atoms with Crippen molar-refractivity contribution in [3.05, 3.63) is 36.3 Å². The second-order valence-electron chi connectivity index (χ2n) is 6.86. The first-order chi connectivity index (χ1) is 13.0. The molecule has 1 aliphatic rings. The highest BCUT2D eigenvalue weighted by Crippen LogP contribution is 2.26. The monoisotopic (exact) mass is 370 g/mol. The van der Waals surface area contributed by atoms with Gasteiger partial charge in [-0.3, -0.25) is 4.79 Å². The second-order valence-corrected chi connectivity index (χ2v) is 6.86. The van der Waals surface area contributed by atoms with Crippen molar-refractivity contribution in [1.29, 1.82) is 0 Å². The zero-order valence-electron chi connectivity index (χ0n) is 15.6. The number of likely N-dealkylation sites (N-methyl/N-ethyl adjacent to an activating group) is 1. The minimum atomic E-state index is -0.0531. The van der Waals surface area contributed by atoms with Gasteiger partial charge in [-0.05, 0) is 6.92 Å². The van der Waals surface area contributed by atoms with Crippen LogP contribution in [0.3, 0.4) is 0 Å².